The van der Waals surface area contributed by atoms with Gasteiger partial charge < -0.3 is 19.9 Å². The predicted octanol–water partition coefficient (Wildman–Crippen LogP) is 2.63. The van der Waals surface area contributed by atoms with Crippen LogP contribution in [-0.2, 0) is 9.53 Å². The minimum atomic E-state index is -0.312. The second-order valence-electron chi connectivity index (χ2n) is 7.94. The fraction of sp³-hybridized carbons (Fsp3) is 0.565. The zero-order valence-electron chi connectivity index (χ0n) is 18.4. The van der Waals surface area contributed by atoms with Gasteiger partial charge in [-0.25, -0.2) is 4.79 Å². The average molecular weight is 429 g/mol. The van der Waals surface area contributed by atoms with E-state index in [0.29, 0.717) is 31.8 Å². The van der Waals surface area contributed by atoms with Gasteiger partial charge in [0.1, 0.15) is 0 Å². The molecule has 1 aromatic rings. The maximum atomic E-state index is 13.1. The lowest BCUT2D eigenvalue weighted by molar-refractivity contribution is -0.142. The fourth-order valence-electron chi connectivity index (χ4n) is 4.04. The normalized spacial score (nSPS) is 16.8. The van der Waals surface area contributed by atoms with Gasteiger partial charge in [0, 0.05) is 44.3 Å². The summed E-state index contributed by atoms with van der Waals surface area (Å²) in [6, 6.07) is 3.62. The number of piperidine rings is 1. The lowest BCUT2D eigenvalue weighted by atomic mass is 9.89. The Morgan fingerprint density at radius 1 is 1.13 bits per heavy atom. The number of hydrogen-bond acceptors (Lipinski definition) is 5. The highest BCUT2D eigenvalue weighted by molar-refractivity contribution is 5.95. The lowest BCUT2D eigenvalue weighted by Crippen LogP contribution is -2.45. The highest BCUT2D eigenvalue weighted by Crippen LogP contribution is 2.30. The second-order valence-corrected chi connectivity index (χ2v) is 7.94. The van der Waals surface area contributed by atoms with E-state index in [0.717, 1.165) is 37.2 Å². The van der Waals surface area contributed by atoms with Crippen LogP contribution < -0.4 is 5.32 Å². The summed E-state index contributed by atoms with van der Waals surface area (Å²) in [7, 11) is 0. The molecule has 1 saturated heterocycles. The van der Waals surface area contributed by atoms with E-state index in [1.807, 2.05) is 30.0 Å². The minimum Gasteiger partial charge on any atom is -0.466 e. The van der Waals surface area contributed by atoms with E-state index in [2.05, 4.69) is 11.4 Å². The number of pyridine rings is 1. The number of likely N-dealkylation sites (tertiary alicyclic amines) is 1. The first-order valence-corrected chi connectivity index (χ1v) is 11.1. The van der Waals surface area contributed by atoms with Crippen molar-refractivity contribution >= 4 is 17.9 Å². The highest BCUT2D eigenvalue weighted by Gasteiger charge is 2.29. The number of aryl methyl sites for hydroxylation is 1. The predicted molar refractivity (Wildman–Crippen MR) is 117 cm³/mol. The summed E-state index contributed by atoms with van der Waals surface area (Å²) in [4.78, 5) is 45.3. The Labute approximate surface area is 183 Å². The number of amides is 3. The second kappa shape index (κ2) is 10.9. The van der Waals surface area contributed by atoms with E-state index in [9.17, 15) is 14.4 Å². The van der Waals surface area contributed by atoms with E-state index in [4.69, 9.17) is 9.72 Å². The third-order valence-corrected chi connectivity index (χ3v) is 5.72. The minimum absolute atomic E-state index is 0.0333. The molecule has 2 aliphatic rings. The molecule has 0 bridgehead atoms. The van der Waals surface area contributed by atoms with Crippen molar-refractivity contribution in [1.29, 1.82) is 0 Å². The maximum absolute atomic E-state index is 13.1. The first-order valence-electron chi connectivity index (χ1n) is 11.1. The molecule has 0 spiro atoms. The van der Waals surface area contributed by atoms with Gasteiger partial charge in [0.15, 0.2) is 0 Å². The van der Waals surface area contributed by atoms with Crippen LogP contribution in [0.4, 0.5) is 4.79 Å². The summed E-state index contributed by atoms with van der Waals surface area (Å²) in [5.74, 6) is -0.137. The van der Waals surface area contributed by atoms with Crippen molar-refractivity contribution in [2.24, 2.45) is 0 Å². The number of carbonyl (C=O) groups is 3. The number of nitrogens with zero attached hydrogens (tertiary/aromatic N) is 3. The van der Waals surface area contributed by atoms with Gasteiger partial charge in [-0.15, -0.1) is 0 Å². The first kappa shape index (κ1) is 22.8. The van der Waals surface area contributed by atoms with Crippen molar-refractivity contribution in [3.63, 3.8) is 0 Å². The van der Waals surface area contributed by atoms with Crippen LogP contribution in [0.3, 0.4) is 0 Å². The smallest absolute Gasteiger partial charge is 0.317 e. The molecule has 0 unspecified atom stereocenters. The molecule has 0 aliphatic carbocycles. The van der Waals surface area contributed by atoms with E-state index in [-0.39, 0.29) is 36.8 Å². The molecule has 8 heteroatoms. The Hall–Kier alpha value is -2.90. The SMILES string of the molecule is CCOC(=O)CCNC(=O)N1CCC(c2nc(C)ccc2C(=O)N2CC=CCC2)CC1. The van der Waals surface area contributed by atoms with Gasteiger partial charge in [-0.05, 0) is 45.2 Å². The molecule has 3 amide bonds. The fourth-order valence-corrected chi connectivity index (χ4v) is 4.04. The Balaban J connectivity index is 1.58. The first-order chi connectivity index (χ1) is 15.0. The molecular formula is C23H32N4O4. The summed E-state index contributed by atoms with van der Waals surface area (Å²) in [5, 5.41) is 2.78. The third-order valence-electron chi connectivity index (χ3n) is 5.72. The van der Waals surface area contributed by atoms with E-state index < -0.39 is 0 Å². The van der Waals surface area contributed by atoms with Crippen molar-refractivity contribution in [2.75, 3.05) is 39.3 Å². The van der Waals surface area contributed by atoms with Crippen molar-refractivity contribution in [2.45, 2.75) is 45.4 Å². The Morgan fingerprint density at radius 2 is 1.90 bits per heavy atom. The summed E-state index contributed by atoms with van der Waals surface area (Å²) < 4.78 is 4.87. The van der Waals surface area contributed by atoms with Crippen LogP contribution in [0.1, 0.15) is 60.3 Å². The number of esters is 1. The van der Waals surface area contributed by atoms with Crippen molar-refractivity contribution in [1.82, 2.24) is 20.1 Å². The molecule has 1 aromatic heterocycles. The number of aromatic nitrogens is 1. The summed E-state index contributed by atoms with van der Waals surface area (Å²) in [5.41, 5.74) is 2.42. The quantitative estimate of drug-likeness (QED) is 0.556. The molecule has 0 saturated carbocycles. The zero-order valence-corrected chi connectivity index (χ0v) is 18.4. The summed E-state index contributed by atoms with van der Waals surface area (Å²) in [6.07, 6.45) is 6.68. The van der Waals surface area contributed by atoms with E-state index in [1.54, 1.807) is 11.8 Å². The Bertz CT molecular complexity index is 831. The van der Waals surface area contributed by atoms with E-state index in [1.165, 1.54) is 0 Å². The number of ether oxygens (including phenoxy) is 1. The van der Waals surface area contributed by atoms with Crippen molar-refractivity contribution < 1.29 is 19.1 Å². The standard InChI is InChI=1S/C23H32N4O4/c1-3-31-20(28)9-12-24-23(30)27-15-10-18(11-16-27)21-19(8-7-17(2)25-21)22(29)26-13-5-4-6-14-26/h4-5,7-8,18H,3,6,9-16H2,1-2H3,(H,24,30). The number of hydrogen-bond donors (Lipinski definition) is 1. The van der Waals surface area contributed by atoms with Crippen LogP contribution in [0.25, 0.3) is 0 Å². The number of carbonyl (C=O) groups excluding carboxylic acids is 3. The third kappa shape index (κ3) is 6.06. The zero-order chi connectivity index (χ0) is 22.2. The average Bonchev–Trinajstić information content (AvgIpc) is 2.79. The number of rotatable bonds is 6. The molecule has 168 valence electrons. The van der Waals surface area contributed by atoms with Crippen molar-refractivity contribution in [3.05, 3.63) is 41.2 Å². The van der Waals surface area contributed by atoms with Gasteiger partial charge in [-0.3, -0.25) is 14.6 Å². The number of urea groups is 1. The lowest BCUT2D eigenvalue weighted by Gasteiger charge is -2.33. The molecule has 1 N–H and O–H groups in total. The van der Waals surface area contributed by atoms with Gasteiger partial charge in [0.25, 0.3) is 5.91 Å². The molecule has 1 fully saturated rings. The molecule has 3 rings (SSSR count). The molecule has 0 aromatic carbocycles. The van der Waals surface area contributed by atoms with Gasteiger partial charge in [0.2, 0.25) is 0 Å². The van der Waals surface area contributed by atoms with Crippen LogP contribution in [-0.4, -0.2) is 72.0 Å². The van der Waals surface area contributed by atoms with Gasteiger partial charge >= 0.3 is 12.0 Å². The van der Waals surface area contributed by atoms with Crippen LogP contribution in [0.2, 0.25) is 0 Å². The molecule has 31 heavy (non-hydrogen) atoms. The molecular weight excluding hydrogens is 396 g/mol. The van der Waals surface area contributed by atoms with Gasteiger partial charge in [-0.2, -0.15) is 0 Å². The number of nitrogens with one attached hydrogen (secondary N) is 1. The van der Waals surface area contributed by atoms with Crippen LogP contribution in [0.15, 0.2) is 24.3 Å². The van der Waals surface area contributed by atoms with Gasteiger partial charge in [0.05, 0.1) is 24.3 Å². The summed E-state index contributed by atoms with van der Waals surface area (Å²) >= 11 is 0. The van der Waals surface area contributed by atoms with E-state index >= 15 is 0 Å². The molecule has 3 heterocycles. The maximum Gasteiger partial charge on any atom is 0.317 e. The highest BCUT2D eigenvalue weighted by atomic mass is 16.5. The molecule has 2 aliphatic heterocycles. The largest absolute Gasteiger partial charge is 0.466 e. The molecule has 8 nitrogen and oxygen atoms in total. The van der Waals surface area contributed by atoms with Gasteiger partial charge in [-0.1, -0.05) is 12.2 Å². The Kier molecular flexibility index (Phi) is 8.03. The molecule has 0 radical (unpaired) electrons. The van der Waals surface area contributed by atoms with Crippen LogP contribution in [0.5, 0.6) is 0 Å². The summed E-state index contributed by atoms with van der Waals surface area (Å²) in [6.45, 7) is 6.84. The Morgan fingerprint density at radius 3 is 2.58 bits per heavy atom. The topological polar surface area (TPSA) is 91.8 Å². The van der Waals surface area contributed by atoms with Crippen LogP contribution in [0, 0.1) is 6.92 Å². The van der Waals surface area contributed by atoms with Crippen LogP contribution >= 0.6 is 0 Å². The monoisotopic (exact) mass is 428 g/mol. The molecule has 0 atom stereocenters. The van der Waals surface area contributed by atoms with Crippen molar-refractivity contribution in [3.8, 4) is 0 Å².